The van der Waals surface area contributed by atoms with Gasteiger partial charge in [-0.3, -0.25) is 19.3 Å². The number of rotatable bonds is 21. The van der Waals surface area contributed by atoms with Crippen LogP contribution in [0.15, 0.2) is 48.6 Å². The first kappa shape index (κ1) is 50.4. The van der Waals surface area contributed by atoms with Gasteiger partial charge in [0.1, 0.15) is 12.6 Å². The monoisotopic (exact) mass is 956 g/mol. The van der Waals surface area contributed by atoms with Crippen LogP contribution in [0.1, 0.15) is 79.5 Å². The van der Waals surface area contributed by atoms with Crippen LogP contribution in [0.4, 0.5) is 16.2 Å². The molecule has 362 valence electrons. The summed E-state index contributed by atoms with van der Waals surface area (Å²) in [5.74, 6) is 0.144. The van der Waals surface area contributed by atoms with E-state index in [-0.39, 0.29) is 67.3 Å². The number of nitrogens with zero attached hydrogens (tertiary/aromatic N) is 3. The standard InChI is InChI=1S/C46H64N6O12S2/c1-27-17-34(36-11-10-15-60-36)51(23-27)41(53)29-19-37(58-5)39(21-31(29)47)61-13-8-7-9-14-62-40-22-32(48)30(20-38(40)59-6)42(54)52-24-28(2)18-35(52)43-50(12-16-63-43)45(57)64-26-46(3,4)66-65-25-33(49)44(55)56/h19-22,33-36,43H,1-2,7-18,23-26,47-49H2,3-6H3,(H,55,56)/t33-,34-,35-,36?,43?/m0/s1. The highest BCUT2D eigenvalue weighted by molar-refractivity contribution is 8.77. The number of methoxy groups -OCH3 is 2. The molecule has 6 rings (SSSR count). The third-order valence-electron chi connectivity index (χ3n) is 11.8. The predicted molar refractivity (Wildman–Crippen MR) is 253 cm³/mol. The molecule has 4 fully saturated rings. The summed E-state index contributed by atoms with van der Waals surface area (Å²) in [6.45, 7) is 14.7. The van der Waals surface area contributed by atoms with Crippen LogP contribution in [0.3, 0.4) is 0 Å². The van der Waals surface area contributed by atoms with Crippen molar-refractivity contribution in [2.75, 3.05) is 84.1 Å². The lowest BCUT2D eigenvalue weighted by molar-refractivity contribution is -0.137. The SMILES string of the molecule is C=C1C[C@@H](C2CCCO2)N(C(=O)c2cc(OC)c(OCCCCCOc3cc(N)c(C(=O)N4CC(=C)C[C@H]4C4OCCN4C(=O)OCC(C)(C)SSC[C@H](N)C(=O)O)cc3OC)cc2N)C1. The lowest BCUT2D eigenvalue weighted by Gasteiger charge is -2.34. The van der Waals surface area contributed by atoms with Crippen LogP contribution in [-0.4, -0.2) is 152 Å². The minimum absolute atomic E-state index is 0.00707. The first-order chi connectivity index (χ1) is 31.5. The third-order valence-corrected chi connectivity index (χ3v) is 15.1. The molecule has 66 heavy (non-hydrogen) atoms. The van der Waals surface area contributed by atoms with E-state index in [1.165, 1.54) is 40.7 Å². The van der Waals surface area contributed by atoms with Gasteiger partial charge in [-0.1, -0.05) is 45.9 Å². The average molecular weight is 957 g/mol. The minimum atomic E-state index is -1.08. The van der Waals surface area contributed by atoms with Crippen molar-refractivity contribution in [2.24, 2.45) is 5.73 Å². The minimum Gasteiger partial charge on any atom is -0.493 e. The van der Waals surface area contributed by atoms with Gasteiger partial charge in [0.2, 0.25) is 0 Å². The van der Waals surface area contributed by atoms with Crippen LogP contribution in [-0.2, 0) is 19.0 Å². The second-order valence-corrected chi connectivity index (χ2v) is 20.5. The molecule has 2 aromatic carbocycles. The zero-order chi connectivity index (χ0) is 47.7. The molecule has 4 saturated heterocycles. The Hall–Kier alpha value is -5.02. The van der Waals surface area contributed by atoms with E-state index in [4.69, 9.17) is 55.5 Å². The number of carbonyl (C=O) groups is 4. The Morgan fingerprint density at radius 2 is 1.38 bits per heavy atom. The van der Waals surface area contributed by atoms with Crippen LogP contribution in [0.2, 0.25) is 0 Å². The smallest absolute Gasteiger partial charge is 0.412 e. The fraction of sp³-hybridized carbons (Fsp3) is 0.565. The maximum atomic E-state index is 14.2. The number of ether oxygens (including phenoxy) is 7. The number of aliphatic carboxylic acids is 1. The molecular formula is C46H64N6O12S2. The third kappa shape index (κ3) is 12.3. The Morgan fingerprint density at radius 1 is 0.818 bits per heavy atom. The summed E-state index contributed by atoms with van der Waals surface area (Å²) in [7, 11) is 5.69. The van der Waals surface area contributed by atoms with Gasteiger partial charge in [0.25, 0.3) is 11.8 Å². The molecule has 20 heteroatoms. The van der Waals surface area contributed by atoms with Gasteiger partial charge >= 0.3 is 12.1 Å². The zero-order valence-electron chi connectivity index (χ0n) is 38.3. The number of amides is 3. The fourth-order valence-corrected chi connectivity index (χ4v) is 10.9. The van der Waals surface area contributed by atoms with Gasteiger partial charge in [0, 0.05) is 49.0 Å². The summed E-state index contributed by atoms with van der Waals surface area (Å²) < 4.78 is 40.5. The molecule has 4 aliphatic heterocycles. The van der Waals surface area contributed by atoms with Crippen molar-refractivity contribution in [1.29, 1.82) is 0 Å². The molecule has 4 aliphatic rings. The molecule has 0 bridgehead atoms. The lowest BCUT2D eigenvalue weighted by atomic mass is 10.0. The molecule has 5 atom stereocenters. The van der Waals surface area contributed by atoms with E-state index in [1.54, 1.807) is 29.2 Å². The Kier molecular flexibility index (Phi) is 17.3. The van der Waals surface area contributed by atoms with Crippen molar-refractivity contribution in [3.63, 3.8) is 0 Å². The fourth-order valence-electron chi connectivity index (χ4n) is 8.40. The van der Waals surface area contributed by atoms with E-state index in [0.717, 1.165) is 30.4 Å². The van der Waals surface area contributed by atoms with Gasteiger partial charge < -0.3 is 65.3 Å². The number of nitrogens with two attached hydrogens (primary N) is 3. The van der Waals surface area contributed by atoms with Crippen LogP contribution < -0.4 is 36.1 Å². The molecule has 0 aromatic heterocycles. The van der Waals surface area contributed by atoms with Crippen LogP contribution in [0.25, 0.3) is 0 Å². The van der Waals surface area contributed by atoms with Gasteiger partial charge in [0.15, 0.2) is 29.2 Å². The molecule has 18 nitrogen and oxygen atoms in total. The van der Waals surface area contributed by atoms with E-state index in [1.807, 2.05) is 18.7 Å². The number of carboxylic acids is 1. The number of anilines is 2. The molecule has 2 aromatic rings. The number of hydrogen-bond donors (Lipinski definition) is 4. The molecule has 0 saturated carbocycles. The van der Waals surface area contributed by atoms with Crippen LogP contribution >= 0.6 is 21.6 Å². The predicted octanol–water partition coefficient (Wildman–Crippen LogP) is 5.58. The number of carboxylic acid groups (broad SMARTS) is 1. The molecule has 0 aliphatic carbocycles. The molecule has 0 spiro atoms. The van der Waals surface area contributed by atoms with E-state index < -0.39 is 35.1 Å². The number of benzene rings is 2. The van der Waals surface area contributed by atoms with Crippen molar-refractivity contribution < 1.29 is 57.4 Å². The molecule has 2 unspecified atom stereocenters. The number of hydrogen-bond acceptors (Lipinski definition) is 16. The molecule has 3 amide bonds. The van der Waals surface area contributed by atoms with Gasteiger partial charge in [-0.05, 0) is 70.9 Å². The molecule has 4 heterocycles. The Bertz CT molecular complexity index is 2120. The van der Waals surface area contributed by atoms with E-state index >= 15 is 0 Å². The second-order valence-electron chi connectivity index (χ2n) is 17.5. The number of unbranched alkanes of at least 4 members (excludes halogenated alkanes) is 2. The first-order valence-electron chi connectivity index (χ1n) is 22.1. The van der Waals surface area contributed by atoms with Gasteiger partial charge in [-0.15, -0.1) is 0 Å². The highest BCUT2D eigenvalue weighted by atomic mass is 33.1. The maximum absolute atomic E-state index is 14.2. The van der Waals surface area contributed by atoms with E-state index in [9.17, 15) is 19.2 Å². The Morgan fingerprint density at radius 3 is 1.91 bits per heavy atom. The summed E-state index contributed by atoms with van der Waals surface area (Å²) in [6, 6.07) is 4.80. The second kappa shape index (κ2) is 22.6. The Labute approximate surface area is 394 Å². The zero-order valence-corrected chi connectivity index (χ0v) is 39.9. The summed E-state index contributed by atoms with van der Waals surface area (Å²) in [5, 5.41) is 9.06. The Balaban J connectivity index is 0.983. The lowest BCUT2D eigenvalue weighted by Crippen LogP contribution is -2.51. The van der Waals surface area contributed by atoms with Crippen LogP contribution in [0, 0.1) is 0 Å². The van der Waals surface area contributed by atoms with Gasteiger partial charge in [-0.2, -0.15) is 0 Å². The molecule has 7 N–H and O–H groups in total. The summed E-state index contributed by atoms with van der Waals surface area (Å²) in [6.07, 6.45) is 3.78. The van der Waals surface area contributed by atoms with Gasteiger partial charge in [0.05, 0.1) is 74.6 Å². The highest BCUT2D eigenvalue weighted by Gasteiger charge is 2.45. The number of carbonyl (C=O) groups excluding carboxylic acids is 3. The van der Waals surface area contributed by atoms with E-state index in [0.29, 0.717) is 86.3 Å². The average Bonchev–Trinajstić information content (AvgIpc) is 4.12. The van der Waals surface area contributed by atoms with Crippen molar-refractivity contribution in [1.82, 2.24) is 14.7 Å². The molecular weight excluding hydrogens is 893 g/mol. The highest BCUT2D eigenvalue weighted by Crippen LogP contribution is 2.40. The summed E-state index contributed by atoms with van der Waals surface area (Å²) in [4.78, 5) is 57.3. The van der Waals surface area contributed by atoms with Crippen molar-refractivity contribution in [3.05, 3.63) is 59.7 Å². The summed E-state index contributed by atoms with van der Waals surface area (Å²) >= 11 is 0. The van der Waals surface area contributed by atoms with E-state index in [2.05, 4.69) is 13.2 Å². The largest absolute Gasteiger partial charge is 0.493 e. The maximum Gasteiger partial charge on any atom is 0.412 e. The quantitative estimate of drug-likeness (QED) is 0.0516. The van der Waals surface area contributed by atoms with Crippen molar-refractivity contribution in [2.45, 2.75) is 94.0 Å². The van der Waals surface area contributed by atoms with Gasteiger partial charge in [-0.25, -0.2) is 4.79 Å². The topological polar surface area (TPSA) is 241 Å². The van der Waals surface area contributed by atoms with Crippen molar-refractivity contribution >= 4 is 56.8 Å². The first-order valence-corrected chi connectivity index (χ1v) is 24.4. The summed E-state index contributed by atoms with van der Waals surface area (Å²) in [5.41, 5.74) is 21.4. The number of nitrogen functional groups attached to an aromatic ring is 2. The van der Waals surface area contributed by atoms with Crippen LogP contribution in [0.5, 0.6) is 23.0 Å². The van der Waals surface area contributed by atoms with Crippen molar-refractivity contribution in [3.8, 4) is 23.0 Å². The normalized spacial score (nSPS) is 21.3. The molecule has 0 radical (unpaired) electrons. The number of likely N-dealkylation sites (tertiary alicyclic amines) is 2.